The number of aromatic nitrogens is 1. The zero-order valence-electron chi connectivity index (χ0n) is 10.5. The third-order valence-electron chi connectivity index (χ3n) is 2.66. The zero-order chi connectivity index (χ0) is 13.8. The largest absolute Gasteiger partial charge is 0.493 e. The predicted octanol–water partition coefficient (Wildman–Crippen LogP) is 2.47. The van der Waals surface area contributed by atoms with E-state index in [1.807, 2.05) is 0 Å². The Morgan fingerprint density at radius 1 is 1.16 bits per heavy atom. The second-order valence-corrected chi connectivity index (χ2v) is 3.75. The Labute approximate surface area is 109 Å². The third kappa shape index (κ3) is 2.54. The van der Waals surface area contributed by atoms with E-state index in [9.17, 15) is 9.18 Å². The molecular weight excluding hydrogens is 249 g/mol. The monoisotopic (exact) mass is 261 g/mol. The van der Waals surface area contributed by atoms with Crippen molar-refractivity contribution < 1.29 is 18.7 Å². The van der Waals surface area contributed by atoms with Gasteiger partial charge in [0.1, 0.15) is 0 Å². The molecule has 0 aliphatic carbocycles. The van der Waals surface area contributed by atoms with Crippen LogP contribution in [0.25, 0.3) is 0 Å². The van der Waals surface area contributed by atoms with Crippen molar-refractivity contribution in [3.8, 4) is 11.5 Å². The molecule has 0 atom stereocenters. The van der Waals surface area contributed by atoms with Crippen LogP contribution in [0.4, 0.5) is 4.39 Å². The minimum atomic E-state index is -0.651. The van der Waals surface area contributed by atoms with Gasteiger partial charge in [0.05, 0.1) is 26.0 Å². The molecule has 0 saturated carbocycles. The number of ketones is 1. The fourth-order valence-corrected chi connectivity index (χ4v) is 1.69. The maximum Gasteiger partial charge on any atom is 0.196 e. The Hall–Kier alpha value is -2.43. The van der Waals surface area contributed by atoms with Gasteiger partial charge in [-0.1, -0.05) is 0 Å². The van der Waals surface area contributed by atoms with Crippen molar-refractivity contribution in [3.63, 3.8) is 0 Å². The molecule has 19 heavy (non-hydrogen) atoms. The van der Waals surface area contributed by atoms with Gasteiger partial charge < -0.3 is 9.47 Å². The molecule has 1 aromatic carbocycles. The highest BCUT2D eigenvalue weighted by Gasteiger charge is 2.16. The van der Waals surface area contributed by atoms with Gasteiger partial charge >= 0.3 is 0 Å². The van der Waals surface area contributed by atoms with Crippen molar-refractivity contribution in [3.05, 3.63) is 53.6 Å². The van der Waals surface area contributed by atoms with Gasteiger partial charge in [-0.25, -0.2) is 4.39 Å². The number of hydrogen-bond acceptors (Lipinski definition) is 4. The molecular formula is C14H12FNO3. The van der Waals surface area contributed by atoms with Crippen molar-refractivity contribution in [1.82, 2.24) is 4.98 Å². The Bertz CT molecular complexity index is 613. The number of ether oxygens (including phenoxy) is 2. The molecule has 0 aliphatic rings. The molecule has 0 N–H and O–H groups in total. The standard InChI is InChI=1S/C14H12FNO3/c1-18-12-4-3-9(7-13(12)19-2)14(17)10-5-6-16-8-11(10)15/h3-8H,1-2H3. The van der Waals surface area contributed by atoms with E-state index < -0.39 is 11.6 Å². The highest BCUT2D eigenvalue weighted by Crippen LogP contribution is 2.28. The van der Waals surface area contributed by atoms with Gasteiger partial charge in [-0.2, -0.15) is 0 Å². The molecule has 2 aromatic rings. The Kier molecular flexibility index (Phi) is 3.75. The van der Waals surface area contributed by atoms with E-state index in [1.165, 1.54) is 32.5 Å². The normalized spacial score (nSPS) is 10.1. The summed E-state index contributed by atoms with van der Waals surface area (Å²) in [4.78, 5) is 15.8. The van der Waals surface area contributed by atoms with Crippen molar-refractivity contribution in [1.29, 1.82) is 0 Å². The van der Waals surface area contributed by atoms with Crippen LogP contribution in [0, 0.1) is 5.82 Å². The summed E-state index contributed by atoms with van der Waals surface area (Å²) < 4.78 is 23.7. The number of halogens is 1. The van der Waals surface area contributed by atoms with Crippen LogP contribution in [0.3, 0.4) is 0 Å². The average Bonchev–Trinajstić information content (AvgIpc) is 2.46. The molecule has 0 unspecified atom stereocenters. The van der Waals surface area contributed by atoms with Crippen molar-refractivity contribution in [2.24, 2.45) is 0 Å². The van der Waals surface area contributed by atoms with Crippen LogP contribution in [-0.4, -0.2) is 25.0 Å². The van der Waals surface area contributed by atoms with Gasteiger partial charge in [0.25, 0.3) is 0 Å². The number of pyridine rings is 1. The molecule has 1 heterocycles. The van der Waals surface area contributed by atoms with Gasteiger partial charge in [-0.15, -0.1) is 0 Å². The van der Waals surface area contributed by atoms with E-state index in [2.05, 4.69) is 4.98 Å². The molecule has 0 amide bonds. The van der Waals surface area contributed by atoms with E-state index in [-0.39, 0.29) is 5.56 Å². The predicted molar refractivity (Wildman–Crippen MR) is 67.2 cm³/mol. The average molecular weight is 261 g/mol. The quantitative estimate of drug-likeness (QED) is 0.793. The zero-order valence-corrected chi connectivity index (χ0v) is 10.5. The van der Waals surface area contributed by atoms with Gasteiger partial charge in [-0.05, 0) is 24.3 Å². The second kappa shape index (κ2) is 5.48. The van der Waals surface area contributed by atoms with Gasteiger partial charge in [-0.3, -0.25) is 9.78 Å². The van der Waals surface area contributed by atoms with E-state index in [0.29, 0.717) is 17.1 Å². The number of hydrogen-bond donors (Lipinski definition) is 0. The van der Waals surface area contributed by atoms with Crippen LogP contribution in [0.1, 0.15) is 15.9 Å². The van der Waals surface area contributed by atoms with Crippen molar-refractivity contribution in [2.45, 2.75) is 0 Å². The summed E-state index contributed by atoms with van der Waals surface area (Å²) in [5, 5.41) is 0. The van der Waals surface area contributed by atoms with Crippen LogP contribution in [0.5, 0.6) is 11.5 Å². The lowest BCUT2D eigenvalue weighted by molar-refractivity contribution is 0.103. The third-order valence-corrected chi connectivity index (χ3v) is 2.66. The molecule has 0 fully saturated rings. The summed E-state index contributed by atoms with van der Waals surface area (Å²) in [7, 11) is 2.97. The first-order valence-electron chi connectivity index (χ1n) is 5.53. The maximum atomic E-state index is 13.5. The van der Waals surface area contributed by atoms with Crippen LogP contribution in [-0.2, 0) is 0 Å². The fraction of sp³-hybridized carbons (Fsp3) is 0.143. The summed E-state index contributed by atoms with van der Waals surface area (Å²) in [5.41, 5.74) is 0.296. The van der Waals surface area contributed by atoms with Gasteiger partial charge in [0, 0.05) is 11.8 Å². The van der Waals surface area contributed by atoms with Crippen LogP contribution in [0.15, 0.2) is 36.7 Å². The first-order chi connectivity index (χ1) is 9.17. The second-order valence-electron chi connectivity index (χ2n) is 3.75. The van der Waals surface area contributed by atoms with Crippen molar-refractivity contribution in [2.75, 3.05) is 14.2 Å². The van der Waals surface area contributed by atoms with E-state index >= 15 is 0 Å². The van der Waals surface area contributed by atoms with Crippen molar-refractivity contribution >= 4 is 5.78 Å². The minimum Gasteiger partial charge on any atom is -0.493 e. The van der Waals surface area contributed by atoms with E-state index in [0.717, 1.165) is 6.20 Å². The topological polar surface area (TPSA) is 48.4 Å². The maximum absolute atomic E-state index is 13.5. The lowest BCUT2D eigenvalue weighted by atomic mass is 10.0. The molecule has 0 radical (unpaired) electrons. The summed E-state index contributed by atoms with van der Waals surface area (Å²) in [6, 6.07) is 6.02. The lowest BCUT2D eigenvalue weighted by Gasteiger charge is -2.09. The van der Waals surface area contributed by atoms with Crippen LogP contribution < -0.4 is 9.47 Å². The lowest BCUT2D eigenvalue weighted by Crippen LogP contribution is -2.05. The number of carbonyl (C=O) groups is 1. The fourth-order valence-electron chi connectivity index (χ4n) is 1.69. The number of rotatable bonds is 4. The first-order valence-corrected chi connectivity index (χ1v) is 5.53. The van der Waals surface area contributed by atoms with Crippen LogP contribution >= 0.6 is 0 Å². The summed E-state index contributed by atoms with van der Waals surface area (Å²) in [5.74, 6) is -0.153. The summed E-state index contributed by atoms with van der Waals surface area (Å²) >= 11 is 0. The molecule has 0 spiro atoms. The van der Waals surface area contributed by atoms with Crippen LogP contribution in [0.2, 0.25) is 0 Å². The summed E-state index contributed by atoms with van der Waals surface area (Å²) in [6.45, 7) is 0. The molecule has 4 nitrogen and oxygen atoms in total. The minimum absolute atomic E-state index is 0.0257. The Morgan fingerprint density at radius 3 is 2.53 bits per heavy atom. The van der Waals surface area contributed by atoms with Gasteiger partial charge in [0.2, 0.25) is 0 Å². The molecule has 0 bridgehead atoms. The molecule has 0 aliphatic heterocycles. The smallest absolute Gasteiger partial charge is 0.196 e. The number of methoxy groups -OCH3 is 2. The highest BCUT2D eigenvalue weighted by atomic mass is 19.1. The molecule has 98 valence electrons. The number of carbonyl (C=O) groups excluding carboxylic acids is 1. The SMILES string of the molecule is COc1ccc(C(=O)c2ccncc2F)cc1OC. The van der Waals surface area contributed by atoms with E-state index in [1.54, 1.807) is 12.1 Å². The molecule has 5 heteroatoms. The Morgan fingerprint density at radius 2 is 1.89 bits per heavy atom. The van der Waals surface area contributed by atoms with Gasteiger partial charge in [0.15, 0.2) is 23.1 Å². The highest BCUT2D eigenvalue weighted by molar-refractivity contribution is 6.09. The number of nitrogens with zero attached hydrogens (tertiary/aromatic N) is 1. The van der Waals surface area contributed by atoms with E-state index in [4.69, 9.17) is 9.47 Å². The molecule has 0 saturated heterocycles. The molecule has 1 aromatic heterocycles. The first kappa shape index (κ1) is 13.0. The Balaban J connectivity index is 2.42. The molecule has 2 rings (SSSR count). The summed E-state index contributed by atoms with van der Waals surface area (Å²) in [6.07, 6.45) is 2.38. The number of benzene rings is 1.